The molecule has 0 spiro atoms. The van der Waals surface area contributed by atoms with Crippen LogP contribution in [0.15, 0.2) is 18.2 Å². The molecule has 0 bridgehead atoms. The van der Waals surface area contributed by atoms with Gasteiger partial charge in [-0.05, 0) is 56.1 Å². The highest BCUT2D eigenvalue weighted by Crippen LogP contribution is 2.20. The Hall–Kier alpha value is -1.49. The summed E-state index contributed by atoms with van der Waals surface area (Å²) in [5.41, 5.74) is 0.252. The van der Waals surface area contributed by atoms with Crippen molar-refractivity contribution in [2.75, 3.05) is 13.1 Å². The zero-order chi connectivity index (χ0) is 14.5. The Kier molecular flexibility index (Phi) is 5.06. The molecule has 1 aromatic rings. The Morgan fingerprint density at radius 2 is 1.95 bits per heavy atom. The van der Waals surface area contributed by atoms with Gasteiger partial charge < -0.3 is 5.11 Å². The highest BCUT2D eigenvalue weighted by Gasteiger charge is 2.24. The normalized spacial score (nSPS) is 17.9. The fraction of sp³-hybridized carbons (Fsp3) is 0.533. The number of likely N-dealkylation sites (tertiary alicyclic amines) is 1. The van der Waals surface area contributed by atoms with Crippen molar-refractivity contribution in [2.45, 2.75) is 38.1 Å². The minimum atomic E-state index is -0.905. The van der Waals surface area contributed by atoms with Crippen LogP contribution in [0.25, 0.3) is 0 Å². The largest absolute Gasteiger partial charge is 0.481 e. The van der Waals surface area contributed by atoms with E-state index in [1.54, 1.807) is 0 Å². The average Bonchev–Trinajstić information content (AvgIpc) is 2.42. The summed E-state index contributed by atoms with van der Waals surface area (Å²) >= 11 is 0. The number of aliphatic carboxylic acids is 1. The van der Waals surface area contributed by atoms with Gasteiger partial charge in [-0.2, -0.15) is 0 Å². The van der Waals surface area contributed by atoms with Gasteiger partial charge in [0.25, 0.3) is 0 Å². The Bertz CT molecular complexity index is 473. The summed E-state index contributed by atoms with van der Waals surface area (Å²) in [6.07, 6.45) is 3.39. The van der Waals surface area contributed by atoms with Crippen LogP contribution in [0.1, 0.15) is 31.2 Å². The van der Waals surface area contributed by atoms with Crippen molar-refractivity contribution < 1.29 is 18.7 Å². The number of hydrogen-bond acceptors (Lipinski definition) is 2. The summed E-state index contributed by atoms with van der Waals surface area (Å²) in [5.74, 6) is -1.87. The van der Waals surface area contributed by atoms with Crippen LogP contribution in [0, 0.1) is 11.6 Å². The van der Waals surface area contributed by atoms with Crippen LogP contribution in [0.3, 0.4) is 0 Å². The Morgan fingerprint density at radius 3 is 2.60 bits per heavy atom. The summed E-state index contributed by atoms with van der Waals surface area (Å²) in [5, 5.41) is 9.02. The molecule has 0 aliphatic carbocycles. The molecule has 1 heterocycles. The summed E-state index contributed by atoms with van der Waals surface area (Å²) < 4.78 is 26.9. The minimum absolute atomic E-state index is 0.0457. The number of hydrogen-bond donors (Lipinski definition) is 1. The van der Waals surface area contributed by atoms with Crippen molar-refractivity contribution in [3.05, 3.63) is 35.4 Å². The first kappa shape index (κ1) is 14.9. The third-order valence-corrected chi connectivity index (χ3v) is 3.78. The summed E-state index contributed by atoms with van der Waals surface area (Å²) in [6.45, 7) is 1.66. The second-order valence-electron chi connectivity index (χ2n) is 5.29. The van der Waals surface area contributed by atoms with E-state index in [2.05, 4.69) is 4.90 Å². The molecule has 0 radical (unpaired) electrons. The quantitative estimate of drug-likeness (QED) is 0.903. The van der Waals surface area contributed by atoms with Gasteiger partial charge >= 0.3 is 5.97 Å². The summed E-state index contributed by atoms with van der Waals surface area (Å²) in [4.78, 5) is 13.1. The van der Waals surface area contributed by atoms with Crippen molar-refractivity contribution in [3.63, 3.8) is 0 Å². The molecule has 1 N–H and O–H groups in total. The lowest BCUT2D eigenvalue weighted by Crippen LogP contribution is -2.42. The molecule has 5 heteroatoms. The lowest BCUT2D eigenvalue weighted by atomic mass is 9.98. The van der Waals surface area contributed by atoms with Gasteiger partial charge in [0.05, 0.1) is 6.42 Å². The highest BCUT2D eigenvalue weighted by molar-refractivity contribution is 5.67. The van der Waals surface area contributed by atoms with E-state index in [9.17, 15) is 13.6 Å². The summed E-state index contributed by atoms with van der Waals surface area (Å²) in [7, 11) is 0. The number of halogens is 2. The predicted molar refractivity (Wildman–Crippen MR) is 71.5 cm³/mol. The zero-order valence-electron chi connectivity index (χ0n) is 11.3. The third kappa shape index (κ3) is 4.00. The zero-order valence-corrected chi connectivity index (χ0v) is 11.3. The molecular weight excluding hydrogens is 264 g/mol. The lowest BCUT2D eigenvalue weighted by Gasteiger charge is -2.34. The molecule has 1 aliphatic rings. The maximum absolute atomic E-state index is 13.7. The first-order valence-electron chi connectivity index (χ1n) is 6.96. The molecule has 0 aromatic heterocycles. The SMILES string of the molecule is O=C(O)CC(Cc1cc(F)ccc1F)N1CCCCC1. The van der Waals surface area contributed by atoms with Gasteiger partial charge in [-0.15, -0.1) is 0 Å². The van der Waals surface area contributed by atoms with Crippen molar-refractivity contribution in [1.82, 2.24) is 4.90 Å². The average molecular weight is 283 g/mol. The number of nitrogens with zero attached hydrogens (tertiary/aromatic N) is 1. The van der Waals surface area contributed by atoms with E-state index in [0.29, 0.717) is 0 Å². The van der Waals surface area contributed by atoms with Gasteiger partial charge in [0.2, 0.25) is 0 Å². The standard InChI is InChI=1S/C15H19F2NO2/c16-12-4-5-14(17)11(8-12)9-13(10-15(19)20)18-6-2-1-3-7-18/h4-5,8,13H,1-3,6-7,9-10H2,(H,19,20). The first-order valence-corrected chi connectivity index (χ1v) is 6.96. The van der Waals surface area contributed by atoms with E-state index in [1.807, 2.05) is 0 Å². The van der Waals surface area contributed by atoms with Gasteiger partial charge in [-0.1, -0.05) is 6.42 Å². The number of benzene rings is 1. The molecule has 110 valence electrons. The van der Waals surface area contributed by atoms with Crippen molar-refractivity contribution in [1.29, 1.82) is 0 Å². The van der Waals surface area contributed by atoms with Gasteiger partial charge in [0.1, 0.15) is 11.6 Å². The fourth-order valence-corrected chi connectivity index (χ4v) is 2.77. The van der Waals surface area contributed by atoms with Gasteiger partial charge in [0.15, 0.2) is 0 Å². The van der Waals surface area contributed by atoms with Crippen LogP contribution in [0.4, 0.5) is 8.78 Å². The highest BCUT2D eigenvalue weighted by atomic mass is 19.1. The van der Waals surface area contributed by atoms with E-state index in [-0.39, 0.29) is 24.4 Å². The summed E-state index contributed by atoms with van der Waals surface area (Å²) in [6, 6.07) is 3.06. The number of piperidine rings is 1. The van der Waals surface area contributed by atoms with Gasteiger partial charge in [0, 0.05) is 6.04 Å². The lowest BCUT2D eigenvalue weighted by molar-refractivity contribution is -0.138. The third-order valence-electron chi connectivity index (χ3n) is 3.78. The second-order valence-corrected chi connectivity index (χ2v) is 5.29. The Balaban J connectivity index is 2.13. The monoisotopic (exact) mass is 283 g/mol. The molecule has 1 aliphatic heterocycles. The number of carbonyl (C=O) groups is 1. The van der Waals surface area contributed by atoms with Gasteiger partial charge in [-0.3, -0.25) is 9.69 Å². The van der Waals surface area contributed by atoms with E-state index in [0.717, 1.165) is 50.6 Å². The van der Waals surface area contributed by atoms with Crippen LogP contribution >= 0.6 is 0 Å². The van der Waals surface area contributed by atoms with Crippen molar-refractivity contribution in [2.24, 2.45) is 0 Å². The van der Waals surface area contributed by atoms with E-state index in [1.165, 1.54) is 0 Å². The van der Waals surface area contributed by atoms with Crippen LogP contribution < -0.4 is 0 Å². The molecule has 1 aromatic carbocycles. The maximum atomic E-state index is 13.7. The van der Waals surface area contributed by atoms with E-state index >= 15 is 0 Å². The first-order chi connectivity index (χ1) is 9.56. The topological polar surface area (TPSA) is 40.5 Å². The molecule has 3 nitrogen and oxygen atoms in total. The van der Waals surface area contributed by atoms with Crippen molar-refractivity contribution >= 4 is 5.97 Å². The molecule has 1 fully saturated rings. The second kappa shape index (κ2) is 6.79. The van der Waals surface area contributed by atoms with E-state index in [4.69, 9.17) is 5.11 Å². The Labute approximate surface area is 117 Å². The molecule has 20 heavy (non-hydrogen) atoms. The number of rotatable bonds is 5. The number of carboxylic acid groups (broad SMARTS) is 1. The molecule has 0 amide bonds. The molecule has 2 rings (SSSR count). The molecular formula is C15H19F2NO2. The molecule has 1 atom stereocenters. The molecule has 1 saturated heterocycles. The van der Waals surface area contributed by atoms with Gasteiger partial charge in [-0.25, -0.2) is 8.78 Å². The molecule has 0 saturated carbocycles. The number of carboxylic acids is 1. The van der Waals surface area contributed by atoms with Crippen LogP contribution in [-0.2, 0) is 11.2 Å². The minimum Gasteiger partial charge on any atom is -0.481 e. The Morgan fingerprint density at radius 1 is 1.25 bits per heavy atom. The van der Waals surface area contributed by atoms with Crippen LogP contribution in [-0.4, -0.2) is 35.1 Å². The van der Waals surface area contributed by atoms with E-state index < -0.39 is 17.6 Å². The van der Waals surface area contributed by atoms with Crippen molar-refractivity contribution in [3.8, 4) is 0 Å². The van der Waals surface area contributed by atoms with Crippen LogP contribution in [0.2, 0.25) is 0 Å². The fourth-order valence-electron chi connectivity index (χ4n) is 2.77. The maximum Gasteiger partial charge on any atom is 0.304 e. The smallest absolute Gasteiger partial charge is 0.304 e. The predicted octanol–water partition coefficient (Wildman–Crippen LogP) is 2.84. The van der Waals surface area contributed by atoms with Crippen LogP contribution in [0.5, 0.6) is 0 Å². The molecule has 1 unspecified atom stereocenters.